The van der Waals surface area contributed by atoms with Crippen molar-refractivity contribution in [1.29, 1.82) is 0 Å². The number of aryl methyl sites for hydroxylation is 1. The molecular weight excluding hydrogens is 300 g/mol. The van der Waals surface area contributed by atoms with Gasteiger partial charge in [0.25, 0.3) is 5.91 Å². The number of nitrogens with zero attached hydrogens (tertiary/aromatic N) is 3. The van der Waals surface area contributed by atoms with Crippen molar-refractivity contribution < 1.29 is 4.79 Å². The third-order valence-corrected chi connectivity index (χ3v) is 4.00. The first kappa shape index (κ1) is 17.9. The number of pyridine rings is 1. The van der Waals surface area contributed by atoms with Crippen molar-refractivity contribution in [3.8, 4) is 0 Å². The molecule has 2 rings (SSSR count). The minimum atomic E-state index is -0.00227. The molecule has 128 valence electrons. The van der Waals surface area contributed by atoms with Crippen molar-refractivity contribution in [1.82, 2.24) is 14.8 Å². The quantitative estimate of drug-likeness (QED) is 0.850. The molecule has 0 saturated heterocycles. The third kappa shape index (κ3) is 4.55. The van der Waals surface area contributed by atoms with Gasteiger partial charge in [-0.2, -0.15) is 0 Å². The highest BCUT2D eigenvalue weighted by molar-refractivity contribution is 5.98. The van der Waals surface area contributed by atoms with E-state index in [1.54, 1.807) is 19.3 Å². The van der Waals surface area contributed by atoms with E-state index in [1.807, 2.05) is 37.2 Å². The van der Waals surface area contributed by atoms with E-state index in [0.29, 0.717) is 24.5 Å². The molecule has 0 fully saturated rings. The Bertz CT molecular complexity index is 685. The van der Waals surface area contributed by atoms with E-state index in [4.69, 9.17) is 0 Å². The Kier molecular flexibility index (Phi) is 6.32. The predicted octanol–water partition coefficient (Wildman–Crippen LogP) is 2.64. The number of carbonyl (C=O) groups excluding carboxylic acids is 1. The van der Waals surface area contributed by atoms with Crippen molar-refractivity contribution in [2.75, 3.05) is 39.5 Å². The van der Waals surface area contributed by atoms with Crippen LogP contribution in [-0.4, -0.2) is 54.9 Å². The summed E-state index contributed by atoms with van der Waals surface area (Å²) < 4.78 is 0. The van der Waals surface area contributed by atoms with Gasteiger partial charge in [-0.1, -0.05) is 24.3 Å². The minimum Gasteiger partial charge on any atom is -0.372 e. The number of aromatic nitrogens is 1. The number of nitrogens with one attached hydrogen (secondary N) is 1. The maximum Gasteiger partial charge on any atom is 0.257 e. The molecule has 24 heavy (non-hydrogen) atoms. The maximum absolute atomic E-state index is 13.1. The van der Waals surface area contributed by atoms with Crippen LogP contribution < -0.4 is 5.32 Å². The monoisotopic (exact) mass is 326 g/mol. The van der Waals surface area contributed by atoms with Gasteiger partial charge in [-0.3, -0.25) is 4.79 Å². The molecule has 0 aliphatic heterocycles. The van der Waals surface area contributed by atoms with E-state index in [9.17, 15) is 4.79 Å². The second-order valence-electron chi connectivity index (χ2n) is 6.11. The van der Waals surface area contributed by atoms with Crippen molar-refractivity contribution in [2.45, 2.75) is 13.5 Å². The Morgan fingerprint density at radius 1 is 1.12 bits per heavy atom. The van der Waals surface area contributed by atoms with E-state index in [2.05, 4.69) is 34.3 Å². The van der Waals surface area contributed by atoms with Crippen LogP contribution in [0.1, 0.15) is 21.5 Å². The molecule has 0 aliphatic rings. The number of rotatable bonds is 7. The second-order valence-corrected chi connectivity index (χ2v) is 6.11. The lowest BCUT2D eigenvalue weighted by atomic mass is 10.1. The maximum atomic E-state index is 13.1. The summed E-state index contributed by atoms with van der Waals surface area (Å²) in [5.74, 6) is 0.611. The van der Waals surface area contributed by atoms with Crippen LogP contribution in [-0.2, 0) is 6.54 Å². The number of hydrogen-bond donors (Lipinski definition) is 1. The molecule has 0 radical (unpaired) electrons. The Morgan fingerprint density at radius 3 is 2.54 bits per heavy atom. The average Bonchev–Trinajstić information content (AvgIpc) is 2.59. The van der Waals surface area contributed by atoms with Gasteiger partial charge in [0.05, 0.1) is 5.56 Å². The van der Waals surface area contributed by atoms with E-state index >= 15 is 0 Å². The van der Waals surface area contributed by atoms with Crippen molar-refractivity contribution in [2.24, 2.45) is 0 Å². The first-order chi connectivity index (χ1) is 11.5. The van der Waals surface area contributed by atoms with Crippen molar-refractivity contribution >= 4 is 11.7 Å². The van der Waals surface area contributed by atoms with E-state index in [1.165, 1.54) is 11.1 Å². The number of benzene rings is 1. The van der Waals surface area contributed by atoms with Crippen LogP contribution in [0.2, 0.25) is 0 Å². The molecule has 0 atom stereocenters. The van der Waals surface area contributed by atoms with Gasteiger partial charge < -0.3 is 15.1 Å². The zero-order valence-electron chi connectivity index (χ0n) is 14.9. The molecule has 5 heteroatoms. The fraction of sp³-hybridized carbons (Fsp3) is 0.368. The molecule has 1 heterocycles. The van der Waals surface area contributed by atoms with Gasteiger partial charge in [-0.25, -0.2) is 4.98 Å². The summed E-state index contributed by atoms with van der Waals surface area (Å²) in [5, 5.41) is 3.00. The summed E-state index contributed by atoms with van der Waals surface area (Å²) in [5.41, 5.74) is 2.96. The number of likely N-dealkylation sites (N-methyl/N-ethyl adjacent to an activating group) is 1. The highest BCUT2D eigenvalue weighted by atomic mass is 16.2. The molecule has 0 bridgehead atoms. The minimum absolute atomic E-state index is 0.00227. The zero-order chi connectivity index (χ0) is 17.5. The first-order valence-electron chi connectivity index (χ1n) is 8.14. The van der Waals surface area contributed by atoms with E-state index in [-0.39, 0.29) is 5.91 Å². The second kappa shape index (κ2) is 8.45. The standard InChI is InChI=1S/C19H26N4O/c1-15-8-5-6-9-16(15)14-23(13-12-22(3)4)19(24)17-10-7-11-21-18(17)20-2/h5-11H,12-14H2,1-4H3,(H,20,21). The lowest BCUT2D eigenvalue weighted by molar-refractivity contribution is 0.0732. The topological polar surface area (TPSA) is 48.5 Å². The summed E-state index contributed by atoms with van der Waals surface area (Å²) in [7, 11) is 5.81. The van der Waals surface area contributed by atoms with E-state index < -0.39 is 0 Å². The van der Waals surface area contributed by atoms with Gasteiger partial charge in [0.15, 0.2) is 0 Å². The Labute approximate surface area is 144 Å². The smallest absolute Gasteiger partial charge is 0.257 e. The summed E-state index contributed by atoms with van der Waals surface area (Å²) in [6.45, 7) is 4.15. The van der Waals surface area contributed by atoms with Crippen molar-refractivity contribution in [3.05, 3.63) is 59.3 Å². The normalized spacial score (nSPS) is 10.7. The largest absolute Gasteiger partial charge is 0.372 e. The molecule has 0 saturated carbocycles. The fourth-order valence-electron chi connectivity index (χ4n) is 2.51. The lowest BCUT2D eigenvalue weighted by Gasteiger charge is -2.26. The molecule has 1 aromatic carbocycles. The Morgan fingerprint density at radius 2 is 1.88 bits per heavy atom. The molecule has 1 amide bonds. The number of amides is 1. The molecule has 0 spiro atoms. The van der Waals surface area contributed by atoms with Gasteiger partial charge in [-0.05, 0) is 44.3 Å². The van der Waals surface area contributed by atoms with Crippen LogP contribution in [0.15, 0.2) is 42.6 Å². The van der Waals surface area contributed by atoms with Gasteiger partial charge in [0, 0.05) is 32.9 Å². The highest BCUT2D eigenvalue weighted by Gasteiger charge is 2.20. The predicted molar refractivity (Wildman–Crippen MR) is 98.3 cm³/mol. The van der Waals surface area contributed by atoms with Crippen LogP contribution >= 0.6 is 0 Å². The Balaban J connectivity index is 2.28. The molecule has 1 aromatic heterocycles. The highest BCUT2D eigenvalue weighted by Crippen LogP contribution is 2.17. The average molecular weight is 326 g/mol. The van der Waals surface area contributed by atoms with E-state index in [0.717, 1.165) is 6.54 Å². The zero-order valence-corrected chi connectivity index (χ0v) is 14.9. The fourth-order valence-corrected chi connectivity index (χ4v) is 2.51. The SMILES string of the molecule is CNc1ncccc1C(=O)N(CCN(C)C)Cc1ccccc1C. The Hall–Kier alpha value is -2.40. The van der Waals surface area contributed by atoms with Crippen LogP contribution in [0.4, 0.5) is 5.82 Å². The number of carbonyl (C=O) groups is 1. The summed E-state index contributed by atoms with van der Waals surface area (Å²) in [6, 6.07) is 11.8. The third-order valence-electron chi connectivity index (χ3n) is 4.00. The van der Waals surface area contributed by atoms with Gasteiger partial charge in [0.1, 0.15) is 5.82 Å². The van der Waals surface area contributed by atoms with Gasteiger partial charge >= 0.3 is 0 Å². The number of anilines is 1. The van der Waals surface area contributed by atoms with Crippen LogP contribution in [0.25, 0.3) is 0 Å². The van der Waals surface area contributed by atoms with Crippen LogP contribution in [0.5, 0.6) is 0 Å². The summed E-state index contributed by atoms with van der Waals surface area (Å²) in [4.78, 5) is 21.3. The van der Waals surface area contributed by atoms with Gasteiger partial charge in [0.2, 0.25) is 0 Å². The first-order valence-corrected chi connectivity index (χ1v) is 8.14. The molecule has 1 N–H and O–H groups in total. The van der Waals surface area contributed by atoms with Crippen LogP contribution in [0, 0.1) is 6.92 Å². The van der Waals surface area contributed by atoms with Gasteiger partial charge in [-0.15, -0.1) is 0 Å². The molecule has 0 aliphatic carbocycles. The van der Waals surface area contributed by atoms with Crippen molar-refractivity contribution in [3.63, 3.8) is 0 Å². The summed E-state index contributed by atoms with van der Waals surface area (Å²) >= 11 is 0. The van der Waals surface area contributed by atoms with Crippen LogP contribution in [0.3, 0.4) is 0 Å². The molecule has 2 aromatic rings. The molecule has 5 nitrogen and oxygen atoms in total. The summed E-state index contributed by atoms with van der Waals surface area (Å²) in [6.07, 6.45) is 1.69. The molecule has 0 unspecified atom stereocenters. The molecular formula is C19H26N4O. The number of hydrogen-bond acceptors (Lipinski definition) is 4. The lowest BCUT2D eigenvalue weighted by Crippen LogP contribution is -2.36.